The SMILES string of the molecule is Cc1cc2c(o1)c(CCN)nn2C. The van der Waals surface area contributed by atoms with E-state index in [-0.39, 0.29) is 0 Å². The smallest absolute Gasteiger partial charge is 0.175 e. The van der Waals surface area contributed by atoms with Crippen molar-refractivity contribution in [2.45, 2.75) is 13.3 Å². The van der Waals surface area contributed by atoms with E-state index in [4.69, 9.17) is 10.2 Å². The molecule has 2 aromatic heterocycles. The van der Waals surface area contributed by atoms with E-state index in [2.05, 4.69) is 5.10 Å². The molecule has 0 radical (unpaired) electrons. The summed E-state index contributed by atoms with van der Waals surface area (Å²) in [6, 6.07) is 1.99. The minimum atomic E-state index is 0.603. The van der Waals surface area contributed by atoms with Crippen LogP contribution in [0.4, 0.5) is 0 Å². The number of nitrogens with zero attached hydrogens (tertiary/aromatic N) is 2. The fraction of sp³-hybridized carbons (Fsp3) is 0.444. The molecule has 0 unspecified atom stereocenters. The van der Waals surface area contributed by atoms with Gasteiger partial charge in [0.2, 0.25) is 0 Å². The van der Waals surface area contributed by atoms with Gasteiger partial charge in [0.25, 0.3) is 0 Å². The summed E-state index contributed by atoms with van der Waals surface area (Å²) in [5.41, 5.74) is 8.35. The second kappa shape index (κ2) is 2.88. The number of hydrogen-bond donors (Lipinski definition) is 1. The second-order valence-electron chi connectivity index (χ2n) is 3.18. The summed E-state index contributed by atoms with van der Waals surface area (Å²) in [4.78, 5) is 0. The van der Waals surface area contributed by atoms with E-state index in [9.17, 15) is 0 Å². The average Bonchev–Trinajstić information content (AvgIpc) is 2.55. The van der Waals surface area contributed by atoms with Crippen molar-refractivity contribution >= 4 is 11.1 Å². The number of rotatable bonds is 2. The first kappa shape index (κ1) is 8.31. The molecule has 0 amide bonds. The Balaban J connectivity index is 2.61. The molecule has 0 saturated carbocycles. The van der Waals surface area contributed by atoms with Crippen molar-refractivity contribution in [2.75, 3.05) is 6.54 Å². The van der Waals surface area contributed by atoms with Gasteiger partial charge in [0.15, 0.2) is 5.58 Å². The first-order valence-electron chi connectivity index (χ1n) is 4.34. The summed E-state index contributed by atoms with van der Waals surface area (Å²) in [6.07, 6.45) is 0.768. The molecule has 4 nitrogen and oxygen atoms in total. The lowest BCUT2D eigenvalue weighted by Gasteiger charge is -1.90. The highest BCUT2D eigenvalue weighted by Crippen LogP contribution is 2.21. The van der Waals surface area contributed by atoms with Gasteiger partial charge in [-0.25, -0.2) is 0 Å². The molecule has 2 aromatic rings. The topological polar surface area (TPSA) is 57.0 Å². The van der Waals surface area contributed by atoms with Gasteiger partial charge < -0.3 is 10.2 Å². The van der Waals surface area contributed by atoms with Gasteiger partial charge in [-0.05, 0) is 13.5 Å². The van der Waals surface area contributed by atoms with E-state index in [1.807, 2.05) is 24.7 Å². The number of aryl methyl sites for hydroxylation is 2. The third-order valence-corrected chi connectivity index (χ3v) is 2.10. The standard InChI is InChI=1S/C9H13N3O/c1-6-5-8-9(13-6)7(3-4-10)11-12(8)2/h5H,3-4,10H2,1-2H3. The predicted octanol–water partition coefficient (Wildman–Crippen LogP) is 0.976. The quantitative estimate of drug-likeness (QED) is 0.747. The molecule has 0 spiro atoms. The molecule has 13 heavy (non-hydrogen) atoms. The molecule has 0 bridgehead atoms. The van der Waals surface area contributed by atoms with Crippen molar-refractivity contribution in [1.82, 2.24) is 9.78 Å². The largest absolute Gasteiger partial charge is 0.458 e. The van der Waals surface area contributed by atoms with Crippen molar-refractivity contribution < 1.29 is 4.42 Å². The molecule has 0 aromatic carbocycles. The summed E-state index contributed by atoms with van der Waals surface area (Å²) in [7, 11) is 1.91. The summed E-state index contributed by atoms with van der Waals surface area (Å²) < 4.78 is 7.36. The average molecular weight is 179 g/mol. The van der Waals surface area contributed by atoms with Crippen LogP contribution < -0.4 is 5.73 Å². The lowest BCUT2D eigenvalue weighted by molar-refractivity contribution is 0.572. The first-order chi connectivity index (χ1) is 6.22. The molecule has 2 rings (SSSR count). The van der Waals surface area contributed by atoms with Crippen molar-refractivity contribution in [2.24, 2.45) is 12.8 Å². The molecule has 0 fully saturated rings. The van der Waals surface area contributed by atoms with Crippen molar-refractivity contribution in [3.8, 4) is 0 Å². The van der Waals surface area contributed by atoms with Crippen LogP contribution in [-0.4, -0.2) is 16.3 Å². The van der Waals surface area contributed by atoms with E-state index in [0.29, 0.717) is 6.54 Å². The lowest BCUT2D eigenvalue weighted by Crippen LogP contribution is -2.04. The van der Waals surface area contributed by atoms with Crippen LogP contribution >= 0.6 is 0 Å². The number of fused-ring (bicyclic) bond motifs is 1. The van der Waals surface area contributed by atoms with Gasteiger partial charge in [-0.2, -0.15) is 5.10 Å². The maximum Gasteiger partial charge on any atom is 0.175 e. The Hall–Kier alpha value is -1.29. The number of hydrogen-bond acceptors (Lipinski definition) is 3. The first-order valence-corrected chi connectivity index (χ1v) is 4.34. The van der Waals surface area contributed by atoms with Gasteiger partial charge in [0, 0.05) is 19.5 Å². The van der Waals surface area contributed by atoms with Crippen molar-refractivity contribution in [3.63, 3.8) is 0 Å². The highest BCUT2D eigenvalue weighted by Gasteiger charge is 2.11. The van der Waals surface area contributed by atoms with E-state index < -0.39 is 0 Å². The Labute approximate surface area is 76.3 Å². The Bertz CT molecular complexity index is 427. The normalized spacial score (nSPS) is 11.3. The van der Waals surface area contributed by atoms with Crippen LogP contribution in [0, 0.1) is 6.92 Å². The summed E-state index contributed by atoms with van der Waals surface area (Å²) >= 11 is 0. The molecule has 0 saturated heterocycles. The zero-order chi connectivity index (χ0) is 9.42. The molecule has 2 N–H and O–H groups in total. The van der Waals surface area contributed by atoms with Crippen LogP contribution in [-0.2, 0) is 13.5 Å². The molecule has 0 aliphatic rings. The molecular weight excluding hydrogens is 166 g/mol. The number of nitrogens with two attached hydrogens (primary N) is 1. The van der Waals surface area contributed by atoms with E-state index in [0.717, 1.165) is 29.0 Å². The van der Waals surface area contributed by atoms with Gasteiger partial charge in [0.05, 0.1) is 0 Å². The van der Waals surface area contributed by atoms with Crippen LogP contribution in [0.25, 0.3) is 11.1 Å². The molecule has 70 valence electrons. The lowest BCUT2D eigenvalue weighted by atomic mass is 10.3. The maximum absolute atomic E-state index is 5.53. The molecule has 0 aliphatic heterocycles. The predicted molar refractivity (Wildman–Crippen MR) is 50.5 cm³/mol. The van der Waals surface area contributed by atoms with Gasteiger partial charge >= 0.3 is 0 Å². The highest BCUT2D eigenvalue weighted by molar-refractivity contribution is 5.76. The summed E-state index contributed by atoms with van der Waals surface area (Å²) in [5, 5.41) is 4.32. The molecule has 4 heteroatoms. The van der Waals surface area contributed by atoms with E-state index >= 15 is 0 Å². The fourth-order valence-corrected chi connectivity index (χ4v) is 1.53. The summed E-state index contributed by atoms with van der Waals surface area (Å²) in [6.45, 7) is 2.54. The monoisotopic (exact) mass is 179 g/mol. The third kappa shape index (κ3) is 1.23. The van der Waals surface area contributed by atoms with Crippen LogP contribution in [0.1, 0.15) is 11.5 Å². The Kier molecular flexibility index (Phi) is 1.84. The van der Waals surface area contributed by atoms with Gasteiger partial charge in [-0.15, -0.1) is 0 Å². The molecule has 0 atom stereocenters. The van der Waals surface area contributed by atoms with Gasteiger partial charge in [0.1, 0.15) is 17.0 Å². The third-order valence-electron chi connectivity index (χ3n) is 2.10. The number of furan rings is 1. The molecule has 0 aliphatic carbocycles. The minimum absolute atomic E-state index is 0.603. The second-order valence-corrected chi connectivity index (χ2v) is 3.18. The Morgan fingerprint density at radius 1 is 1.62 bits per heavy atom. The summed E-state index contributed by atoms with van der Waals surface area (Å²) in [5.74, 6) is 0.918. The Morgan fingerprint density at radius 3 is 3.08 bits per heavy atom. The Morgan fingerprint density at radius 2 is 2.38 bits per heavy atom. The van der Waals surface area contributed by atoms with Gasteiger partial charge in [-0.1, -0.05) is 0 Å². The van der Waals surface area contributed by atoms with Crippen LogP contribution in [0.15, 0.2) is 10.5 Å². The number of aromatic nitrogens is 2. The highest BCUT2D eigenvalue weighted by atomic mass is 16.3. The van der Waals surface area contributed by atoms with Crippen molar-refractivity contribution in [3.05, 3.63) is 17.5 Å². The van der Waals surface area contributed by atoms with E-state index in [1.165, 1.54) is 0 Å². The van der Waals surface area contributed by atoms with Crippen LogP contribution in [0.3, 0.4) is 0 Å². The molecular formula is C9H13N3O. The van der Waals surface area contributed by atoms with Crippen LogP contribution in [0.5, 0.6) is 0 Å². The molecule has 2 heterocycles. The maximum atomic E-state index is 5.53. The van der Waals surface area contributed by atoms with Crippen molar-refractivity contribution in [1.29, 1.82) is 0 Å². The fourth-order valence-electron chi connectivity index (χ4n) is 1.53. The van der Waals surface area contributed by atoms with Crippen LogP contribution in [0.2, 0.25) is 0 Å². The zero-order valence-electron chi connectivity index (χ0n) is 7.87. The minimum Gasteiger partial charge on any atom is -0.458 e. The van der Waals surface area contributed by atoms with E-state index in [1.54, 1.807) is 0 Å². The van der Waals surface area contributed by atoms with Gasteiger partial charge in [-0.3, -0.25) is 4.68 Å². The zero-order valence-corrected chi connectivity index (χ0v) is 7.87.